The van der Waals surface area contributed by atoms with Crippen molar-refractivity contribution in [3.05, 3.63) is 64.6 Å². The van der Waals surface area contributed by atoms with Crippen LogP contribution in [0.1, 0.15) is 5.56 Å². The van der Waals surface area contributed by atoms with Gasteiger partial charge in [0.05, 0.1) is 5.69 Å². The van der Waals surface area contributed by atoms with E-state index in [4.69, 9.17) is 9.47 Å². The fourth-order valence-electron chi connectivity index (χ4n) is 4.12. The van der Waals surface area contributed by atoms with Crippen molar-refractivity contribution in [3.63, 3.8) is 0 Å². The number of rotatable bonds is 3. The molecule has 1 saturated heterocycles. The van der Waals surface area contributed by atoms with Crippen LogP contribution in [0.3, 0.4) is 0 Å². The minimum atomic E-state index is -0.147. The zero-order valence-corrected chi connectivity index (χ0v) is 17.3. The molecular formula is C23H24N4O4. The molecule has 0 saturated carbocycles. The third-order valence-electron chi connectivity index (χ3n) is 5.84. The third kappa shape index (κ3) is 3.82. The van der Waals surface area contributed by atoms with Crippen LogP contribution in [-0.2, 0) is 13.6 Å². The maximum atomic E-state index is 12.9. The molecule has 0 spiro atoms. The maximum Gasteiger partial charge on any atom is 0.321 e. The van der Waals surface area contributed by atoms with Gasteiger partial charge in [0.1, 0.15) is 0 Å². The van der Waals surface area contributed by atoms with Crippen LogP contribution in [0.4, 0.5) is 10.5 Å². The lowest BCUT2D eigenvalue weighted by molar-refractivity contribution is 0.143. The second-order valence-corrected chi connectivity index (χ2v) is 7.89. The second-order valence-electron chi connectivity index (χ2n) is 7.89. The van der Waals surface area contributed by atoms with Crippen molar-refractivity contribution < 1.29 is 14.3 Å². The topological polar surface area (TPSA) is 76.0 Å². The summed E-state index contributed by atoms with van der Waals surface area (Å²) in [5.41, 5.74) is 1.73. The van der Waals surface area contributed by atoms with Crippen LogP contribution < -0.4 is 20.3 Å². The number of nitrogens with zero attached hydrogens (tertiary/aromatic N) is 3. The summed E-state index contributed by atoms with van der Waals surface area (Å²) in [7, 11) is 1.69. The van der Waals surface area contributed by atoms with Gasteiger partial charge in [-0.3, -0.25) is 9.69 Å². The average molecular weight is 420 g/mol. The molecule has 3 aromatic rings. The van der Waals surface area contributed by atoms with Gasteiger partial charge in [0.2, 0.25) is 6.79 Å². The molecule has 0 bridgehead atoms. The van der Waals surface area contributed by atoms with Crippen LogP contribution in [0.15, 0.2) is 53.5 Å². The van der Waals surface area contributed by atoms with E-state index in [1.54, 1.807) is 19.3 Å². The van der Waals surface area contributed by atoms with Gasteiger partial charge in [-0.1, -0.05) is 24.3 Å². The number of aryl methyl sites for hydroxylation is 1. The molecule has 2 aliphatic rings. The van der Waals surface area contributed by atoms with Gasteiger partial charge >= 0.3 is 6.03 Å². The van der Waals surface area contributed by atoms with E-state index in [1.807, 2.05) is 35.2 Å². The van der Waals surface area contributed by atoms with Gasteiger partial charge < -0.3 is 24.3 Å². The number of hydrogen-bond acceptors (Lipinski definition) is 5. The Morgan fingerprint density at radius 3 is 2.55 bits per heavy atom. The molecule has 8 heteroatoms. The number of anilines is 1. The molecule has 3 heterocycles. The Bertz CT molecular complexity index is 1200. The highest BCUT2D eigenvalue weighted by Crippen LogP contribution is 2.32. The summed E-state index contributed by atoms with van der Waals surface area (Å²) in [6.45, 7) is 3.93. The third-order valence-corrected chi connectivity index (χ3v) is 5.84. The van der Waals surface area contributed by atoms with E-state index in [9.17, 15) is 9.59 Å². The van der Waals surface area contributed by atoms with E-state index >= 15 is 0 Å². The minimum Gasteiger partial charge on any atom is -0.454 e. The molecular weight excluding hydrogens is 396 g/mol. The summed E-state index contributed by atoms with van der Waals surface area (Å²) in [6, 6.07) is 13.2. The molecule has 1 fully saturated rings. The first kappa shape index (κ1) is 19.4. The minimum absolute atomic E-state index is 0.0780. The van der Waals surface area contributed by atoms with Crippen LogP contribution in [-0.4, -0.2) is 53.4 Å². The second kappa shape index (κ2) is 7.96. The summed E-state index contributed by atoms with van der Waals surface area (Å²) in [6.07, 6.45) is 1.68. The smallest absolute Gasteiger partial charge is 0.321 e. The van der Waals surface area contributed by atoms with Gasteiger partial charge in [0.15, 0.2) is 11.5 Å². The standard InChI is InChI=1S/C23H24N4O4/c1-25-14-19(17-4-2-3-5-18(17)22(25)28)24-23(29)27-10-8-26(9-11-27)13-16-6-7-20-21(12-16)31-15-30-20/h2-7,12,14H,8-11,13,15H2,1H3,(H,24,29). The molecule has 0 aliphatic carbocycles. The number of benzene rings is 2. The maximum absolute atomic E-state index is 12.9. The predicted molar refractivity (Wildman–Crippen MR) is 118 cm³/mol. The molecule has 2 aliphatic heterocycles. The molecule has 31 heavy (non-hydrogen) atoms. The highest BCUT2D eigenvalue weighted by Gasteiger charge is 2.23. The number of pyridine rings is 1. The summed E-state index contributed by atoms with van der Waals surface area (Å²) in [5, 5.41) is 4.34. The van der Waals surface area contributed by atoms with Crippen molar-refractivity contribution in [2.75, 3.05) is 38.3 Å². The van der Waals surface area contributed by atoms with Crippen molar-refractivity contribution in [1.29, 1.82) is 0 Å². The molecule has 5 rings (SSSR count). The monoisotopic (exact) mass is 420 g/mol. The van der Waals surface area contributed by atoms with Gasteiger partial charge in [0, 0.05) is 56.7 Å². The normalized spacial score (nSPS) is 16.0. The molecule has 1 N–H and O–H groups in total. The number of ether oxygens (including phenoxy) is 2. The fraction of sp³-hybridized carbons (Fsp3) is 0.304. The summed E-state index contributed by atoms with van der Waals surface area (Å²) in [4.78, 5) is 29.4. The summed E-state index contributed by atoms with van der Waals surface area (Å²) < 4.78 is 12.3. The molecule has 0 unspecified atom stereocenters. The molecule has 1 aromatic heterocycles. The van der Waals surface area contributed by atoms with Gasteiger partial charge in [-0.2, -0.15) is 0 Å². The Balaban J connectivity index is 1.22. The lowest BCUT2D eigenvalue weighted by Crippen LogP contribution is -2.49. The number of amides is 2. The number of urea groups is 1. The van der Waals surface area contributed by atoms with Crippen LogP contribution in [0.2, 0.25) is 0 Å². The Hall–Kier alpha value is -3.52. The van der Waals surface area contributed by atoms with E-state index in [0.717, 1.165) is 36.5 Å². The van der Waals surface area contributed by atoms with Crippen LogP contribution >= 0.6 is 0 Å². The average Bonchev–Trinajstić information content (AvgIpc) is 3.26. The number of aromatic nitrogens is 1. The van der Waals surface area contributed by atoms with Crippen LogP contribution in [0, 0.1) is 0 Å². The molecule has 2 amide bonds. The Labute approximate surface area is 179 Å². The number of piperazine rings is 1. The molecule has 0 radical (unpaired) electrons. The van der Waals surface area contributed by atoms with E-state index in [1.165, 1.54) is 10.1 Å². The van der Waals surface area contributed by atoms with Crippen molar-refractivity contribution in [2.45, 2.75) is 6.54 Å². The van der Waals surface area contributed by atoms with Crippen LogP contribution in [0.5, 0.6) is 11.5 Å². The Kier molecular flexibility index (Phi) is 4.99. The highest BCUT2D eigenvalue weighted by atomic mass is 16.7. The first-order valence-corrected chi connectivity index (χ1v) is 10.3. The first-order chi connectivity index (χ1) is 15.1. The number of carbonyl (C=O) groups is 1. The SMILES string of the molecule is Cn1cc(NC(=O)N2CCN(Cc3ccc4c(c3)OCO4)CC2)c2ccccc2c1=O. The Morgan fingerprint density at radius 1 is 1.00 bits per heavy atom. The molecule has 2 aromatic carbocycles. The van der Waals surface area contributed by atoms with Gasteiger partial charge in [-0.15, -0.1) is 0 Å². The van der Waals surface area contributed by atoms with Crippen molar-refractivity contribution >= 4 is 22.5 Å². The largest absolute Gasteiger partial charge is 0.454 e. The number of hydrogen-bond donors (Lipinski definition) is 1. The van der Waals surface area contributed by atoms with E-state index in [-0.39, 0.29) is 18.4 Å². The summed E-state index contributed by atoms with van der Waals surface area (Å²) >= 11 is 0. The van der Waals surface area contributed by atoms with Crippen molar-refractivity contribution in [2.24, 2.45) is 7.05 Å². The lowest BCUT2D eigenvalue weighted by Gasteiger charge is -2.34. The zero-order valence-electron chi connectivity index (χ0n) is 17.3. The van der Waals surface area contributed by atoms with Crippen molar-refractivity contribution in [1.82, 2.24) is 14.4 Å². The van der Waals surface area contributed by atoms with E-state index in [0.29, 0.717) is 24.2 Å². The van der Waals surface area contributed by atoms with Gasteiger partial charge in [-0.05, 0) is 23.8 Å². The molecule has 160 valence electrons. The summed E-state index contributed by atoms with van der Waals surface area (Å²) in [5.74, 6) is 1.58. The number of nitrogens with one attached hydrogen (secondary N) is 1. The highest BCUT2D eigenvalue weighted by molar-refractivity contribution is 6.01. The fourth-order valence-corrected chi connectivity index (χ4v) is 4.12. The Morgan fingerprint density at radius 2 is 1.74 bits per heavy atom. The van der Waals surface area contributed by atoms with E-state index in [2.05, 4.69) is 16.3 Å². The lowest BCUT2D eigenvalue weighted by atomic mass is 10.1. The number of carbonyl (C=O) groups excluding carboxylic acids is 1. The van der Waals surface area contributed by atoms with E-state index < -0.39 is 0 Å². The number of fused-ring (bicyclic) bond motifs is 2. The molecule has 0 atom stereocenters. The zero-order chi connectivity index (χ0) is 21.4. The van der Waals surface area contributed by atoms with Gasteiger partial charge in [0.25, 0.3) is 5.56 Å². The predicted octanol–water partition coefficient (Wildman–Crippen LogP) is 2.62. The van der Waals surface area contributed by atoms with Crippen LogP contribution in [0.25, 0.3) is 10.8 Å². The van der Waals surface area contributed by atoms with Gasteiger partial charge in [-0.25, -0.2) is 4.79 Å². The molecule has 8 nitrogen and oxygen atoms in total. The van der Waals surface area contributed by atoms with Crippen molar-refractivity contribution in [3.8, 4) is 11.5 Å². The quantitative estimate of drug-likeness (QED) is 0.705. The first-order valence-electron chi connectivity index (χ1n) is 10.3.